The summed E-state index contributed by atoms with van der Waals surface area (Å²) in [7, 11) is 3.27. The minimum Gasteiger partial charge on any atom is -0.495 e. The maximum Gasteiger partial charge on any atom is 0.162 e. The van der Waals surface area contributed by atoms with E-state index >= 15 is 0 Å². The zero-order valence-electron chi connectivity index (χ0n) is 19.1. The number of hydrogen-bond acceptors (Lipinski definition) is 5. The van der Waals surface area contributed by atoms with Crippen LogP contribution in [0.2, 0.25) is 0 Å². The molecule has 29 heavy (non-hydrogen) atoms. The predicted octanol–water partition coefficient (Wildman–Crippen LogP) is 5.00. The van der Waals surface area contributed by atoms with Gasteiger partial charge in [0, 0.05) is 19.2 Å². The van der Waals surface area contributed by atoms with Gasteiger partial charge in [0.15, 0.2) is 5.78 Å². The van der Waals surface area contributed by atoms with Crippen molar-refractivity contribution in [2.45, 2.75) is 78.2 Å². The molecule has 1 saturated carbocycles. The monoisotopic (exact) mass is 405 g/mol. The first kappa shape index (κ1) is 23.8. The predicted molar refractivity (Wildman–Crippen MR) is 115 cm³/mol. The fourth-order valence-corrected chi connectivity index (χ4v) is 4.27. The van der Waals surface area contributed by atoms with E-state index in [4.69, 9.17) is 14.2 Å². The molecule has 5 nitrogen and oxygen atoms in total. The summed E-state index contributed by atoms with van der Waals surface area (Å²) in [5.41, 5.74) is 1.10. The average Bonchev–Trinajstić information content (AvgIpc) is 3.49. The van der Waals surface area contributed by atoms with Crippen molar-refractivity contribution in [3.8, 4) is 5.75 Å². The highest BCUT2D eigenvalue weighted by Gasteiger charge is 2.43. The van der Waals surface area contributed by atoms with Gasteiger partial charge in [-0.25, -0.2) is 0 Å². The number of ketones is 1. The Bertz CT molecular complexity index is 656. The molecule has 1 aliphatic carbocycles. The van der Waals surface area contributed by atoms with Gasteiger partial charge < -0.3 is 14.2 Å². The second kappa shape index (κ2) is 11.1. The molecular formula is C24H39NO4. The van der Waals surface area contributed by atoms with Gasteiger partial charge in [0.25, 0.3) is 0 Å². The third-order valence-corrected chi connectivity index (χ3v) is 6.08. The van der Waals surface area contributed by atoms with E-state index in [9.17, 15) is 4.79 Å². The van der Waals surface area contributed by atoms with Gasteiger partial charge in [-0.05, 0) is 55.6 Å². The fourth-order valence-electron chi connectivity index (χ4n) is 4.27. The summed E-state index contributed by atoms with van der Waals surface area (Å²) < 4.78 is 16.8. The van der Waals surface area contributed by atoms with Gasteiger partial charge in [-0.15, -0.1) is 0 Å². The Morgan fingerprint density at radius 2 is 2.00 bits per heavy atom. The molecule has 0 aliphatic heterocycles. The number of ether oxygens (including phenoxy) is 3. The second-order valence-corrected chi connectivity index (χ2v) is 9.03. The maximum absolute atomic E-state index is 12.8. The lowest BCUT2D eigenvalue weighted by Crippen LogP contribution is -2.49. The molecule has 1 aromatic rings. The lowest BCUT2D eigenvalue weighted by Gasteiger charge is -2.37. The Kier molecular flexibility index (Phi) is 9.09. The summed E-state index contributed by atoms with van der Waals surface area (Å²) in [5.74, 6) is 2.29. The number of aromatic nitrogens is 1. The minimum absolute atomic E-state index is 0.0237. The van der Waals surface area contributed by atoms with E-state index < -0.39 is 5.60 Å². The van der Waals surface area contributed by atoms with E-state index in [-0.39, 0.29) is 18.5 Å². The number of rotatable bonds is 14. The molecular weight excluding hydrogens is 366 g/mol. The third-order valence-electron chi connectivity index (χ3n) is 6.08. The summed E-state index contributed by atoms with van der Waals surface area (Å²) in [6.45, 7) is 8.14. The highest BCUT2D eigenvalue weighted by molar-refractivity contribution is 5.85. The van der Waals surface area contributed by atoms with Crippen molar-refractivity contribution in [1.29, 1.82) is 0 Å². The number of pyridine rings is 1. The number of carbonyl (C=O) groups excluding carboxylic acids is 1. The zero-order valence-corrected chi connectivity index (χ0v) is 19.1. The third kappa shape index (κ3) is 6.78. The molecule has 164 valence electrons. The molecule has 0 radical (unpaired) electrons. The summed E-state index contributed by atoms with van der Waals surface area (Å²) in [4.78, 5) is 17.4. The van der Waals surface area contributed by atoms with E-state index in [1.165, 1.54) is 24.8 Å². The highest BCUT2D eigenvalue weighted by Crippen LogP contribution is 2.35. The van der Waals surface area contributed by atoms with Gasteiger partial charge in [-0.1, -0.05) is 40.0 Å². The molecule has 2 atom stereocenters. The van der Waals surface area contributed by atoms with E-state index in [2.05, 4.69) is 31.8 Å². The second-order valence-electron chi connectivity index (χ2n) is 9.03. The highest BCUT2D eigenvalue weighted by atomic mass is 16.7. The van der Waals surface area contributed by atoms with Crippen molar-refractivity contribution < 1.29 is 19.0 Å². The molecule has 0 bridgehead atoms. The molecule has 1 heterocycles. The van der Waals surface area contributed by atoms with Crippen LogP contribution in [0.25, 0.3) is 0 Å². The van der Waals surface area contributed by atoms with Crippen LogP contribution < -0.4 is 4.74 Å². The standard InChI is InChI=1S/C24H39NO4/c1-17(2)12-18(3)24(19(4)26,29-16-27-5)14-22-13-21(23(28-6)15-25-22)9-7-8-20-10-11-20/h13,15,17-18,20H,7-12,14,16H2,1-6H3. The van der Waals surface area contributed by atoms with Crippen LogP contribution in [0.4, 0.5) is 0 Å². The smallest absolute Gasteiger partial charge is 0.162 e. The molecule has 0 saturated heterocycles. The molecule has 1 fully saturated rings. The molecule has 1 aliphatic rings. The lowest BCUT2D eigenvalue weighted by molar-refractivity contribution is -0.174. The Balaban J connectivity index is 2.25. The van der Waals surface area contributed by atoms with Crippen molar-refractivity contribution in [2.24, 2.45) is 17.8 Å². The van der Waals surface area contributed by atoms with Crippen LogP contribution in [0.1, 0.15) is 71.1 Å². The first-order valence-electron chi connectivity index (χ1n) is 11.0. The minimum atomic E-state index is -0.937. The SMILES string of the molecule is COCOC(Cc1cc(CCCC2CC2)c(OC)cn1)(C(C)=O)C(C)CC(C)C. The number of hydrogen-bond donors (Lipinski definition) is 0. The maximum atomic E-state index is 12.8. The topological polar surface area (TPSA) is 57.6 Å². The summed E-state index contributed by atoms with van der Waals surface area (Å²) in [6.07, 6.45) is 9.30. The fraction of sp³-hybridized carbons (Fsp3) is 0.750. The molecule has 0 spiro atoms. The number of aryl methyl sites for hydroxylation is 1. The molecule has 2 rings (SSSR count). The van der Waals surface area contributed by atoms with Crippen molar-refractivity contribution >= 4 is 5.78 Å². The summed E-state index contributed by atoms with van der Waals surface area (Å²) in [5, 5.41) is 0. The van der Waals surface area contributed by atoms with Crippen LogP contribution >= 0.6 is 0 Å². The van der Waals surface area contributed by atoms with Gasteiger partial charge in [-0.2, -0.15) is 0 Å². The van der Waals surface area contributed by atoms with Crippen LogP contribution in [0.15, 0.2) is 12.3 Å². The first-order valence-corrected chi connectivity index (χ1v) is 11.0. The van der Waals surface area contributed by atoms with Crippen LogP contribution in [-0.2, 0) is 27.1 Å². The van der Waals surface area contributed by atoms with Crippen molar-refractivity contribution in [3.63, 3.8) is 0 Å². The molecule has 2 unspecified atom stereocenters. The normalized spacial score (nSPS) is 17.2. The molecule has 0 amide bonds. The first-order chi connectivity index (χ1) is 13.8. The largest absolute Gasteiger partial charge is 0.495 e. The molecule has 1 aromatic heterocycles. The van der Waals surface area contributed by atoms with Gasteiger partial charge in [-0.3, -0.25) is 9.78 Å². The molecule has 0 aromatic carbocycles. The number of methoxy groups -OCH3 is 2. The van der Waals surface area contributed by atoms with Crippen molar-refractivity contribution in [3.05, 3.63) is 23.5 Å². The number of nitrogens with zero attached hydrogens (tertiary/aromatic N) is 1. The lowest BCUT2D eigenvalue weighted by atomic mass is 9.77. The number of carbonyl (C=O) groups is 1. The van der Waals surface area contributed by atoms with Crippen LogP contribution in [0.5, 0.6) is 5.75 Å². The summed E-state index contributed by atoms with van der Waals surface area (Å²) in [6, 6.07) is 2.10. The van der Waals surface area contributed by atoms with Crippen LogP contribution in [0, 0.1) is 17.8 Å². The van der Waals surface area contributed by atoms with E-state index in [1.54, 1.807) is 27.3 Å². The average molecular weight is 406 g/mol. The van der Waals surface area contributed by atoms with E-state index in [0.717, 1.165) is 36.6 Å². The Labute approximate surface area is 176 Å². The van der Waals surface area contributed by atoms with Gasteiger partial charge in [0.05, 0.1) is 13.3 Å². The Hall–Kier alpha value is -1.46. The van der Waals surface area contributed by atoms with Crippen molar-refractivity contribution in [2.75, 3.05) is 21.0 Å². The molecule has 5 heteroatoms. The van der Waals surface area contributed by atoms with Crippen LogP contribution in [-0.4, -0.2) is 37.4 Å². The van der Waals surface area contributed by atoms with Crippen LogP contribution in [0.3, 0.4) is 0 Å². The quantitative estimate of drug-likeness (QED) is 0.408. The molecule has 0 N–H and O–H groups in total. The van der Waals surface area contributed by atoms with Gasteiger partial charge >= 0.3 is 0 Å². The van der Waals surface area contributed by atoms with E-state index in [0.29, 0.717) is 12.3 Å². The Morgan fingerprint density at radius 1 is 1.28 bits per heavy atom. The van der Waals surface area contributed by atoms with Gasteiger partial charge in [0.2, 0.25) is 0 Å². The Morgan fingerprint density at radius 3 is 2.55 bits per heavy atom. The van der Waals surface area contributed by atoms with Gasteiger partial charge in [0.1, 0.15) is 18.1 Å². The zero-order chi connectivity index (χ0) is 21.4. The summed E-state index contributed by atoms with van der Waals surface area (Å²) >= 11 is 0. The van der Waals surface area contributed by atoms with Crippen molar-refractivity contribution in [1.82, 2.24) is 4.98 Å². The number of Topliss-reactive ketones (excluding diaryl/α,β-unsaturated/α-hetero) is 1. The van der Waals surface area contributed by atoms with E-state index in [1.807, 2.05) is 0 Å².